The molecule has 0 saturated carbocycles. The second-order valence-electron chi connectivity index (χ2n) is 15.3. The quantitative estimate of drug-likeness (QED) is 0.0364. The van der Waals surface area contributed by atoms with Crippen LogP contribution in [0.1, 0.15) is 258 Å². The molecule has 0 aliphatic carbocycles. The smallest absolute Gasteiger partial charge is 0.306 e. The number of carbonyl (C=O) groups is 1. The number of carbonyl (C=O) groups excluding carboxylic acids is 1. The topological polar surface area (TPSA) is 26.3 Å². The summed E-state index contributed by atoms with van der Waals surface area (Å²) in [5.41, 5.74) is 0. The first-order chi connectivity index (χ1) is 24.2. The molecule has 0 aliphatic rings. The van der Waals surface area contributed by atoms with E-state index in [0.717, 1.165) is 38.5 Å². The van der Waals surface area contributed by atoms with Gasteiger partial charge in [-0.15, -0.1) is 0 Å². The molecule has 1 atom stereocenters. The molecule has 0 N–H and O–H groups in total. The van der Waals surface area contributed by atoms with Gasteiger partial charge in [0.15, 0.2) is 0 Å². The van der Waals surface area contributed by atoms with Crippen LogP contribution in [-0.4, -0.2) is 12.1 Å². The second kappa shape index (κ2) is 43.1. The fourth-order valence-corrected chi connectivity index (χ4v) is 6.94. The molecule has 0 bridgehead atoms. The Balaban J connectivity index is 3.66. The Kier molecular flexibility index (Phi) is 42.2. The van der Waals surface area contributed by atoms with E-state index >= 15 is 0 Å². The molecule has 1 unspecified atom stereocenters. The average Bonchev–Trinajstić information content (AvgIpc) is 3.10. The summed E-state index contributed by atoms with van der Waals surface area (Å²) in [6.07, 6.45) is 58.4. The number of unbranched alkanes of at least 4 members (excludes halogenated alkanes) is 30. The minimum absolute atomic E-state index is 0.0501. The van der Waals surface area contributed by atoms with Crippen LogP contribution in [0.15, 0.2) is 24.3 Å². The predicted molar refractivity (Wildman–Crippen MR) is 220 cm³/mol. The van der Waals surface area contributed by atoms with E-state index in [1.165, 1.54) is 199 Å². The van der Waals surface area contributed by atoms with Crippen LogP contribution in [-0.2, 0) is 9.53 Å². The zero-order valence-electron chi connectivity index (χ0n) is 33.8. The van der Waals surface area contributed by atoms with Crippen molar-refractivity contribution < 1.29 is 9.53 Å². The van der Waals surface area contributed by atoms with Crippen LogP contribution in [0.25, 0.3) is 0 Å². The number of rotatable bonds is 41. The lowest BCUT2D eigenvalue weighted by atomic mass is 10.0. The van der Waals surface area contributed by atoms with Crippen molar-refractivity contribution in [1.29, 1.82) is 0 Å². The summed E-state index contributed by atoms with van der Waals surface area (Å²) in [5.74, 6) is 0.0501. The van der Waals surface area contributed by atoms with Gasteiger partial charge in [0.25, 0.3) is 0 Å². The highest BCUT2D eigenvalue weighted by molar-refractivity contribution is 5.69. The van der Waals surface area contributed by atoms with E-state index in [-0.39, 0.29) is 12.1 Å². The fourth-order valence-electron chi connectivity index (χ4n) is 6.94. The van der Waals surface area contributed by atoms with Gasteiger partial charge in [-0.2, -0.15) is 0 Å². The molecule has 2 nitrogen and oxygen atoms in total. The number of ether oxygens (including phenoxy) is 1. The lowest BCUT2D eigenvalue weighted by Gasteiger charge is -2.18. The van der Waals surface area contributed by atoms with Crippen LogP contribution in [0.4, 0.5) is 0 Å². The third-order valence-corrected chi connectivity index (χ3v) is 10.3. The molecule has 1 radical (unpaired) electrons. The SMILES string of the molecule is [CH2]CCCCCCCCCCCCCCCCCCCCCCC(CCCCC)OC(=O)CCCCCCC/C=C/C/C=C/CCCCC. The van der Waals surface area contributed by atoms with Crippen LogP contribution in [0.3, 0.4) is 0 Å². The van der Waals surface area contributed by atoms with E-state index in [0.29, 0.717) is 6.42 Å². The van der Waals surface area contributed by atoms with Crippen LogP contribution in [0, 0.1) is 6.92 Å². The van der Waals surface area contributed by atoms with Crippen molar-refractivity contribution in [2.45, 2.75) is 264 Å². The Labute approximate surface area is 309 Å². The normalized spacial score (nSPS) is 12.5. The van der Waals surface area contributed by atoms with Gasteiger partial charge in [-0.3, -0.25) is 4.79 Å². The molecule has 0 aliphatic heterocycles. The van der Waals surface area contributed by atoms with E-state index in [1.807, 2.05) is 0 Å². The summed E-state index contributed by atoms with van der Waals surface area (Å²) in [5, 5.41) is 0. The first-order valence-electron chi connectivity index (χ1n) is 22.5. The Morgan fingerprint density at radius 2 is 0.796 bits per heavy atom. The number of hydrogen-bond donors (Lipinski definition) is 0. The molecular weight excluding hydrogens is 597 g/mol. The van der Waals surface area contributed by atoms with Gasteiger partial charge in [0, 0.05) is 6.42 Å². The van der Waals surface area contributed by atoms with Gasteiger partial charge < -0.3 is 4.74 Å². The lowest BCUT2D eigenvalue weighted by molar-refractivity contribution is -0.150. The molecule has 0 aromatic heterocycles. The molecule has 0 aromatic rings. The molecule has 289 valence electrons. The first-order valence-corrected chi connectivity index (χ1v) is 22.5. The molecule has 0 fully saturated rings. The van der Waals surface area contributed by atoms with E-state index in [2.05, 4.69) is 45.1 Å². The number of esters is 1. The monoisotopic (exact) mass is 686 g/mol. The van der Waals surface area contributed by atoms with Gasteiger partial charge in [-0.05, 0) is 64.2 Å². The summed E-state index contributed by atoms with van der Waals surface area (Å²) < 4.78 is 6.00. The van der Waals surface area contributed by atoms with Crippen molar-refractivity contribution in [2.75, 3.05) is 0 Å². The molecule has 0 aromatic carbocycles. The summed E-state index contributed by atoms with van der Waals surface area (Å²) in [6, 6.07) is 0. The third kappa shape index (κ3) is 41.3. The van der Waals surface area contributed by atoms with Gasteiger partial charge in [0.05, 0.1) is 0 Å². The van der Waals surface area contributed by atoms with E-state index < -0.39 is 0 Å². The van der Waals surface area contributed by atoms with Crippen molar-refractivity contribution in [2.24, 2.45) is 0 Å². The van der Waals surface area contributed by atoms with E-state index in [4.69, 9.17) is 4.74 Å². The maximum Gasteiger partial charge on any atom is 0.306 e. The molecule has 0 spiro atoms. The van der Waals surface area contributed by atoms with Crippen molar-refractivity contribution in [1.82, 2.24) is 0 Å². The van der Waals surface area contributed by atoms with Crippen molar-refractivity contribution >= 4 is 5.97 Å². The molecule has 2 heteroatoms. The summed E-state index contributed by atoms with van der Waals surface area (Å²) in [6.45, 7) is 8.44. The van der Waals surface area contributed by atoms with Crippen molar-refractivity contribution in [3.05, 3.63) is 31.2 Å². The highest BCUT2D eigenvalue weighted by Gasteiger charge is 2.14. The maximum atomic E-state index is 12.6. The highest BCUT2D eigenvalue weighted by atomic mass is 16.5. The third-order valence-electron chi connectivity index (χ3n) is 10.3. The Morgan fingerprint density at radius 1 is 0.449 bits per heavy atom. The average molecular weight is 686 g/mol. The van der Waals surface area contributed by atoms with Crippen LogP contribution < -0.4 is 0 Å². The van der Waals surface area contributed by atoms with E-state index in [1.54, 1.807) is 0 Å². The largest absolute Gasteiger partial charge is 0.462 e. The van der Waals surface area contributed by atoms with Gasteiger partial charge in [-0.1, -0.05) is 218 Å². The Bertz CT molecular complexity index is 680. The molecule has 49 heavy (non-hydrogen) atoms. The van der Waals surface area contributed by atoms with Crippen LogP contribution in [0.5, 0.6) is 0 Å². The van der Waals surface area contributed by atoms with E-state index in [9.17, 15) is 4.79 Å². The number of hydrogen-bond acceptors (Lipinski definition) is 2. The highest BCUT2D eigenvalue weighted by Crippen LogP contribution is 2.19. The zero-order chi connectivity index (χ0) is 35.6. The standard InChI is InChI=1S/C47H89O2/c1-4-7-10-12-14-16-18-20-22-23-24-25-26-27-29-30-32-34-36-38-41-44-46(43-40-9-6-3)49-47(48)45-42-39-37-35-33-31-28-21-19-17-15-13-11-8-5-2/h15,17,21,28,46H,1,4-14,16,18-20,22-27,29-45H2,2-3H3/b17-15+,28-21+. The minimum Gasteiger partial charge on any atom is -0.462 e. The fraction of sp³-hybridized carbons (Fsp3) is 0.872. The lowest BCUT2D eigenvalue weighted by Crippen LogP contribution is -2.18. The van der Waals surface area contributed by atoms with Crippen molar-refractivity contribution in [3.63, 3.8) is 0 Å². The summed E-state index contributed by atoms with van der Waals surface area (Å²) in [4.78, 5) is 12.6. The van der Waals surface area contributed by atoms with Gasteiger partial charge in [-0.25, -0.2) is 0 Å². The molecular formula is C47H89O2. The van der Waals surface area contributed by atoms with Gasteiger partial charge >= 0.3 is 5.97 Å². The second-order valence-corrected chi connectivity index (χ2v) is 15.3. The molecule has 0 saturated heterocycles. The first kappa shape index (κ1) is 48.0. The summed E-state index contributed by atoms with van der Waals surface area (Å²) in [7, 11) is 0. The number of allylic oxidation sites excluding steroid dienone is 4. The maximum absolute atomic E-state index is 12.6. The van der Waals surface area contributed by atoms with Crippen LogP contribution in [0.2, 0.25) is 0 Å². The molecule has 0 rings (SSSR count). The molecule has 0 heterocycles. The van der Waals surface area contributed by atoms with Crippen molar-refractivity contribution in [3.8, 4) is 0 Å². The van der Waals surface area contributed by atoms with Gasteiger partial charge in [0.1, 0.15) is 6.10 Å². The predicted octanol–water partition coefficient (Wildman–Crippen LogP) is 16.7. The van der Waals surface area contributed by atoms with Crippen LogP contribution >= 0.6 is 0 Å². The zero-order valence-corrected chi connectivity index (χ0v) is 33.8. The Morgan fingerprint density at radius 3 is 1.24 bits per heavy atom. The molecule has 0 amide bonds. The Hall–Kier alpha value is -1.05. The minimum atomic E-state index is 0.0501. The van der Waals surface area contributed by atoms with Gasteiger partial charge in [0.2, 0.25) is 0 Å². The summed E-state index contributed by atoms with van der Waals surface area (Å²) >= 11 is 0.